The first kappa shape index (κ1) is 19.7. The highest BCUT2D eigenvalue weighted by Crippen LogP contribution is 2.31. The maximum atomic E-state index is 10.9. The molecular formula is C17H26ClNO4. The zero-order valence-electron chi connectivity index (χ0n) is 13.9. The Hall–Kier alpha value is -1.30. The Kier molecular flexibility index (Phi) is 8.37. The number of rotatable bonds is 10. The molecule has 0 saturated carbocycles. The van der Waals surface area contributed by atoms with Gasteiger partial charge in [-0.05, 0) is 30.0 Å². The summed E-state index contributed by atoms with van der Waals surface area (Å²) in [5, 5.41) is 22.3. The third kappa shape index (κ3) is 7.20. The van der Waals surface area contributed by atoms with Crippen LogP contribution in [0.1, 0.15) is 45.1 Å². The fraction of sp³-hybridized carbons (Fsp3) is 0.588. The predicted molar refractivity (Wildman–Crippen MR) is 91.4 cm³/mol. The normalized spacial score (nSPS) is 13.8. The number of hydrogen-bond acceptors (Lipinski definition) is 4. The van der Waals surface area contributed by atoms with Crippen LogP contribution in [0, 0.1) is 0 Å². The van der Waals surface area contributed by atoms with Crippen LogP contribution in [-0.4, -0.2) is 41.5 Å². The molecule has 1 aromatic carbocycles. The summed E-state index contributed by atoms with van der Waals surface area (Å²) in [4.78, 5) is 10.9. The Morgan fingerprint density at radius 2 is 2.09 bits per heavy atom. The molecule has 5 nitrogen and oxygen atoms in total. The van der Waals surface area contributed by atoms with Crippen LogP contribution < -0.4 is 10.1 Å². The Labute approximate surface area is 142 Å². The van der Waals surface area contributed by atoms with E-state index in [1.165, 1.54) is 0 Å². The van der Waals surface area contributed by atoms with E-state index in [0.29, 0.717) is 23.4 Å². The van der Waals surface area contributed by atoms with Gasteiger partial charge in [0.1, 0.15) is 18.5 Å². The van der Waals surface area contributed by atoms with Crippen LogP contribution in [0.4, 0.5) is 0 Å². The van der Waals surface area contributed by atoms with E-state index in [1.807, 2.05) is 26.8 Å². The third-order valence-electron chi connectivity index (χ3n) is 3.53. The molecule has 23 heavy (non-hydrogen) atoms. The van der Waals surface area contributed by atoms with Gasteiger partial charge < -0.3 is 20.3 Å². The molecule has 0 amide bonds. The number of ether oxygens (including phenoxy) is 1. The maximum Gasteiger partial charge on any atom is 0.303 e. The molecule has 2 unspecified atom stereocenters. The second-order valence-corrected chi connectivity index (χ2v) is 6.33. The van der Waals surface area contributed by atoms with Crippen LogP contribution in [0.25, 0.3) is 0 Å². The van der Waals surface area contributed by atoms with Crippen molar-refractivity contribution >= 4 is 17.6 Å². The van der Waals surface area contributed by atoms with Gasteiger partial charge in [0.2, 0.25) is 0 Å². The molecule has 2 atom stereocenters. The topological polar surface area (TPSA) is 78.8 Å². The summed E-state index contributed by atoms with van der Waals surface area (Å²) in [7, 11) is 0. The first-order valence-electron chi connectivity index (χ1n) is 7.89. The zero-order chi connectivity index (χ0) is 17.4. The molecule has 0 aromatic heterocycles. The van der Waals surface area contributed by atoms with E-state index in [0.717, 1.165) is 12.0 Å². The SMILES string of the molecule is CCC(CC(=O)O)c1ccc(OCC(O)CNC(C)C)c(Cl)c1. The molecule has 0 aliphatic heterocycles. The molecule has 0 heterocycles. The number of carboxylic acids is 1. The van der Waals surface area contributed by atoms with Gasteiger partial charge in [0.25, 0.3) is 0 Å². The quantitative estimate of drug-likeness (QED) is 0.608. The van der Waals surface area contributed by atoms with E-state index in [9.17, 15) is 9.90 Å². The lowest BCUT2D eigenvalue weighted by Crippen LogP contribution is -2.35. The van der Waals surface area contributed by atoms with E-state index < -0.39 is 12.1 Å². The number of aliphatic carboxylic acids is 1. The lowest BCUT2D eigenvalue weighted by atomic mass is 9.93. The minimum absolute atomic E-state index is 0.0696. The Morgan fingerprint density at radius 3 is 2.61 bits per heavy atom. The molecule has 130 valence electrons. The van der Waals surface area contributed by atoms with Crippen LogP contribution >= 0.6 is 11.6 Å². The van der Waals surface area contributed by atoms with Gasteiger partial charge in [0.05, 0.1) is 11.4 Å². The van der Waals surface area contributed by atoms with E-state index in [-0.39, 0.29) is 18.9 Å². The Morgan fingerprint density at radius 1 is 1.39 bits per heavy atom. The van der Waals surface area contributed by atoms with Gasteiger partial charge in [-0.2, -0.15) is 0 Å². The van der Waals surface area contributed by atoms with Gasteiger partial charge in [-0.1, -0.05) is 38.4 Å². The molecule has 0 radical (unpaired) electrons. The largest absolute Gasteiger partial charge is 0.489 e. The predicted octanol–water partition coefficient (Wildman–Crippen LogP) is 3.05. The average Bonchev–Trinajstić information content (AvgIpc) is 2.49. The fourth-order valence-corrected chi connectivity index (χ4v) is 2.46. The van der Waals surface area contributed by atoms with Crippen LogP contribution in [-0.2, 0) is 4.79 Å². The van der Waals surface area contributed by atoms with E-state index >= 15 is 0 Å². The average molecular weight is 344 g/mol. The molecular weight excluding hydrogens is 318 g/mol. The van der Waals surface area contributed by atoms with Crippen molar-refractivity contribution in [2.24, 2.45) is 0 Å². The monoisotopic (exact) mass is 343 g/mol. The van der Waals surface area contributed by atoms with Crippen LogP contribution in [0.15, 0.2) is 18.2 Å². The molecule has 0 saturated heterocycles. The number of aliphatic hydroxyl groups is 1. The molecule has 0 fully saturated rings. The van der Waals surface area contributed by atoms with Gasteiger partial charge in [-0.25, -0.2) is 0 Å². The number of nitrogens with one attached hydrogen (secondary N) is 1. The van der Waals surface area contributed by atoms with Gasteiger partial charge in [-0.15, -0.1) is 0 Å². The van der Waals surface area contributed by atoms with Gasteiger partial charge >= 0.3 is 5.97 Å². The van der Waals surface area contributed by atoms with Crippen molar-refractivity contribution in [3.63, 3.8) is 0 Å². The lowest BCUT2D eigenvalue weighted by Gasteiger charge is -2.17. The summed E-state index contributed by atoms with van der Waals surface area (Å²) in [6.45, 7) is 6.55. The first-order chi connectivity index (χ1) is 10.8. The van der Waals surface area contributed by atoms with Crippen molar-refractivity contribution in [2.75, 3.05) is 13.2 Å². The van der Waals surface area contributed by atoms with Crippen LogP contribution in [0.3, 0.4) is 0 Å². The summed E-state index contributed by atoms with van der Waals surface area (Å²) < 4.78 is 5.54. The van der Waals surface area contributed by atoms with E-state index in [2.05, 4.69) is 5.32 Å². The summed E-state index contributed by atoms with van der Waals surface area (Å²) in [6.07, 6.45) is 0.179. The van der Waals surface area contributed by atoms with Crippen LogP contribution in [0.2, 0.25) is 5.02 Å². The number of benzene rings is 1. The molecule has 6 heteroatoms. The fourth-order valence-electron chi connectivity index (χ4n) is 2.21. The van der Waals surface area contributed by atoms with Crippen molar-refractivity contribution in [1.82, 2.24) is 5.32 Å². The number of carbonyl (C=O) groups is 1. The number of aliphatic hydroxyl groups excluding tert-OH is 1. The van der Waals surface area contributed by atoms with Crippen molar-refractivity contribution in [2.45, 2.75) is 51.7 Å². The summed E-state index contributed by atoms with van der Waals surface area (Å²) in [6, 6.07) is 5.60. The minimum atomic E-state index is -0.825. The number of carboxylic acid groups (broad SMARTS) is 1. The highest BCUT2D eigenvalue weighted by atomic mass is 35.5. The van der Waals surface area contributed by atoms with Gasteiger partial charge in [-0.3, -0.25) is 4.79 Å². The second kappa shape index (κ2) is 9.75. The van der Waals surface area contributed by atoms with Crippen molar-refractivity contribution in [3.8, 4) is 5.75 Å². The highest BCUT2D eigenvalue weighted by molar-refractivity contribution is 6.32. The first-order valence-corrected chi connectivity index (χ1v) is 8.26. The molecule has 3 N–H and O–H groups in total. The second-order valence-electron chi connectivity index (χ2n) is 5.92. The van der Waals surface area contributed by atoms with Crippen molar-refractivity contribution in [1.29, 1.82) is 0 Å². The van der Waals surface area contributed by atoms with E-state index in [4.69, 9.17) is 21.4 Å². The summed E-state index contributed by atoms with van der Waals surface area (Å²) in [5.74, 6) is -0.404. The molecule has 1 rings (SSSR count). The summed E-state index contributed by atoms with van der Waals surface area (Å²) in [5.41, 5.74) is 0.884. The molecule has 0 spiro atoms. The Bertz CT molecular complexity index is 507. The summed E-state index contributed by atoms with van der Waals surface area (Å²) >= 11 is 6.21. The zero-order valence-corrected chi connectivity index (χ0v) is 14.6. The standard InChI is InChI=1S/C17H26ClNO4/c1-4-12(8-17(21)22)13-5-6-16(15(18)7-13)23-10-14(20)9-19-11(2)3/h5-7,11-12,14,19-20H,4,8-10H2,1-3H3,(H,21,22). The van der Waals surface area contributed by atoms with Crippen molar-refractivity contribution < 1.29 is 19.7 Å². The number of halogens is 1. The maximum absolute atomic E-state index is 10.9. The molecule has 0 aliphatic carbocycles. The molecule has 0 aliphatic rings. The number of hydrogen-bond donors (Lipinski definition) is 3. The third-order valence-corrected chi connectivity index (χ3v) is 3.83. The molecule has 1 aromatic rings. The highest BCUT2D eigenvalue weighted by Gasteiger charge is 2.16. The van der Waals surface area contributed by atoms with Gasteiger partial charge in [0.15, 0.2) is 0 Å². The van der Waals surface area contributed by atoms with Gasteiger partial charge in [0, 0.05) is 12.6 Å². The lowest BCUT2D eigenvalue weighted by molar-refractivity contribution is -0.137. The van der Waals surface area contributed by atoms with E-state index in [1.54, 1.807) is 12.1 Å². The van der Waals surface area contributed by atoms with Crippen molar-refractivity contribution in [3.05, 3.63) is 28.8 Å². The van der Waals surface area contributed by atoms with Crippen LogP contribution in [0.5, 0.6) is 5.75 Å². The minimum Gasteiger partial charge on any atom is -0.489 e. The smallest absolute Gasteiger partial charge is 0.303 e. The molecule has 0 bridgehead atoms. The Balaban J connectivity index is 2.63.